The number of hydrogen-bond acceptors (Lipinski definition) is 4. The van der Waals surface area contributed by atoms with Crippen LogP contribution in [0.15, 0.2) is 29.2 Å². The van der Waals surface area contributed by atoms with Crippen molar-refractivity contribution in [2.45, 2.75) is 31.4 Å². The van der Waals surface area contributed by atoms with E-state index in [1.165, 1.54) is 4.31 Å². The molecule has 19 heavy (non-hydrogen) atoms. The number of nitrogens with zero attached hydrogens (tertiary/aromatic N) is 1. The molecule has 0 radical (unpaired) electrons. The third-order valence-electron chi connectivity index (χ3n) is 2.74. The van der Waals surface area contributed by atoms with Crippen molar-refractivity contribution in [3.05, 3.63) is 29.8 Å². The molecule has 5 nitrogen and oxygen atoms in total. The Morgan fingerprint density at radius 1 is 1.32 bits per heavy atom. The van der Waals surface area contributed by atoms with Crippen LogP contribution in [0.5, 0.6) is 0 Å². The van der Waals surface area contributed by atoms with Crippen LogP contribution in [0.4, 0.5) is 0 Å². The van der Waals surface area contributed by atoms with Gasteiger partial charge in [-0.2, -0.15) is 4.31 Å². The molecule has 0 aliphatic heterocycles. The Balaban J connectivity index is 2.85. The molecule has 0 saturated heterocycles. The molecule has 0 saturated carbocycles. The minimum absolute atomic E-state index is 0.0902. The highest BCUT2D eigenvalue weighted by Crippen LogP contribution is 2.18. The summed E-state index contributed by atoms with van der Waals surface area (Å²) in [5.41, 5.74) is 6.20. The third kappa shape index (κ3) is 4.28. The lowest BCUT2D eigenvalue weighted by molar-refractivity contribution is 0.0737. The lowest BCUT2D eigenvalue weighted by atomic mass is 10.2. The molecule has 0 atom stereocenters. The van der Waals surface area contributed by atoms with E-state index in [0.29, 0.717) is 18.7 Å². The molecule has 108 valence electrons. The van der Waals surface area contributed by atoms with Gasteiger partial charge >= 0.3 is 0 Å². The van der Waals surface area contributed by atoms with Gasteiger partial charge in [-0.05, 0) is 25.5 Å². The highest BCUT2D eigenvalue weighted by molar-refractivity contribution is 7.89. The van der Waals surface area contributed by atoms with Crippen molar-refractivity contribution in [3.63, 3.8) is 0 Å². The van der Waals surface area contributed by atoms with Crippen LogP contribution >= 0.6 is 0 Å². The summed E-state index contributed by atoms with van der Waals surface area (Å²) in [6, 6.07) is 6.79. The van der Waals surface area contributed by atoms with E-state index in [0.717, 1.165) is 0 Å². The van der Waals surface area contributed by atoms with Gasteiger partial charge in [-0.15, -0.1) is 0 Å². The van der Waals surface area contributed by atoms with Gasteiger partial charge in [0.1, 0.15) is 0 Å². The van der Waals surface area contributed by atoms with Gasteiger partial charge in [0.05, 0.1) is 17.6 Å². The van der Waals surface area contributed by atoms with Gasteiger partial charge in [0.25, 0.3) is 0 Å². The van der Waals surface area contributed by atoms with Crippen molar-refractivity contribution >= 4 is 10.0 Å². The van der Waals surface area contributed by atoms with Gasteiger partial charge in [-0.1, -0.05) is 18.2 Å². The van der Waals surface area contributed by atoms with Gasteiger partial charge in [-0.3, -0.25) is 0 Å². The predicted molar refractivity (Wildman–Crippen MR) is 75.2 cm³/mol. The number of benzene rings is 1. The molecule has 1 aromatic carbocycles. The van der Waals surface area contributed by atoms with E-state index in [1.807, 2.05) is 13.8 Å². The maximum atomic E-state index is 12.4. The average molecular weight is 286 g/mol. The van der Waals surface area contributed by atoms with Crippen molar-refractivity contribution < 1.29 is 13.2 Å². The van der Waals surface area contributed by atoms with Crippen LogP contribution in [0.2, 0.25) is 0 Å². The van der Waals surface area contributed by atoms with Crippen molar-refractivity contribution in [2.75, 3.05) is 20.2 Å². The highest BCUT2D eigenvalue weighted by Gasteiger charge is 2.22. The lowest BCUT2D eigenvalue weighted by Gasteiger charge is -2.19. The van der Waals surface area contributed by atoms with Crippen molar-refractivity contribution in [3.8, 4) is 0 Å². The molecule has 0 aliphatic rings. The van der Waals surface area contributed by atoms with E-state index in [1.54, 1.807) is 31.3 Å². The van der Waals surface area contributed by atoms with Crippen LogP contribution in [0.25, 0.3) is 0 Å². The zero-order valence-corrected chi connectivity index (χ0v) is 12.5. The Morgan fingerprint density at radius 3 is 2.53 bits per heavy atom. The van der Waals surface area contributed by atoms with Gasteiger partial charge in [0.15, 0.2) is 0 Å². The lowest BCUT2D eigenvalue weighted by Crippen LogP contribution is -2.31. The van der Waals surface area contributed by atoms with E-state index < -0.39 is 10.0 Å². The van der Waals surface area contributed by atoms with Gasteiger partial charge in [0, 0.05) is 20.1 Å². The molecule has 1 rings (SSSR count). The topological polar surface area (TPSA) is 72.6 Å². The molecular weight excluding hydrogens is 264 g/mol. The number of rotatable bonds is 7. The van der Waals surface area contributed by atoms with Crippen molar-refractivity contribution in [1.29, 1.82) is 0 Å². The van der Waals surface area contributed by atoms with Crippen LogP contribution in [0.1, 0.15) is 19.4 Å². The Kier molecular flexibility index (Phi) is 5.93. The van der Waals surface area contributed by atoms with E-state index in [-0.39, 0.29) is 17.5 Å². The van der Waals surface area contributed by atoms with Crippen LogP contribution in [-0.2, 0) is 21.3 Å². The smallest absolute Gasteiger partial charge is 0.243 e. The number of ether oxygens (including phenoxy) is 1. The minimum atomic E-state index is -3.51. The zero-order valence-electron chi connectivity index (χ0n) is 11.7. The summed E-state index contributed by atoms with van der Waals surface area (Å²) >= 11 is 0. The maximum absolute atomic E-state index is 12.4. The standard InChI is InChI=1S/C13H22N2O3S/c1-11(2)18-9-8-15(3)19(16,17)13-7-5-4-6-12(13)10-14/h4-7,11H,8-10,14H2,1-3H3. The summed E-state index contributed by atoms with van der Waals surface area (Å²) in [4.78, 5) is 0.268. The number of sulfonamides is 1. The normalized spacial score (nSPS) is 12.3. The van der Waals surface area contributed by atoms with Gasteiger partial charge < -0.3 is 10.5 Å². The van der Waals surface area contributed by atoms with Crippen LogP contribution in [0.3, 0.4) is 0 Å². The summed E-state index contributed by atoms with van der Waals surface area (Å²) in [5, 5.41) is 0. The van der Waals surface area contributed by atoms with Gasteiger partial charge in [0.2, 0.25) is 10.0 Å². The predicted octanol–water partition coefficient (Wildman–Crippen LogP) is 1.19. The molecule has 0 unspecified atom stereocenters. The monoisotopic (exact) mass is 286 g/mol. The Morgan fingerprint density at radius 2 is 1.95 bits per heavy atom. The molecule has 6 heteroatoms. The molecule has 1 aromatic rings. The quantitative estimate of drug-likeness (QED) is 0.817. The first kappa shape index (κ1) is 16.1. The second-order valence-electron chi connectivity index (χ2n) is 4.56. The van der Waals surface area contributed by atoms with E-state index in [4.69, 9.17) is 10.5 Å². The van der Waals surface area contributed by atoms with Crippen LogP contribution < -0.4 is 5.73 Å². The maximum Gasteiger partial charge on any atom is 0.243 e. The fourth-order valence-corrected chi connectivity index (χ4v) is 3.01. The second-order valence-corrected chi connectivity index (χ2v) is 6.57. The number of nitrogens with two attached hydrogens (primary N) is 1. The van der Waals surface area contributed by atoms with Gasteiger partial charge in [-0.25, -0.2) is 8.42 Å². The number of likely N-dealkylation sites (N-methyl/N-ethyl adjacent to an activating group) is 1. The molecule has 2 N–H and O–H groups in total. The van der Waals surface area contributed by atoms with E-state index in [2.05, 4.69) is 0 Å². The molecule has 0 fully saturated rings. The van der Waals surface area contributed by atoms with E-state index >= 15 is 0 Å². The number of hydrogen-bond donors (Lipinski definition) is 1. The Bertz CT molecular complexity index is 500. The Labute approximate surface area is 115 Å². The molecular formula is C13H22N2O3S. The molecule has 0 amide bonds. The average Bonchev–Trinajstić information content (AvgIpc) is 2.38. The summed E-state index contributed by atoms with van der Waals surface area (Å²) < 4.78 is 31.5. The first-order valence-electron chi connectivity index (χ1n) is 6.25. The summed E-state index contributed by atoms with van der Waals surface area (Å²) in [7, 11) is -1.96. The fourth-order valence-electron chi connectivity index (χ4n) is 1.63. The highest BCUT2D eigenvalue weighted by atomic mass is 32.2. The second kappa shape index (κ2) is 7.00. The van der Waals surface area contributed by atoms with Crippen molar-refractivity contribution in [2.24, 2.45) is 5.73 Å². The third-order valence-corrected chi connectivity index (χ3v) is 4.70. The first-order valence-corrected chi connectivity index (χ1v) is 7.69. The summed E-state index contributed by atoms with van der Waals surface area (Å²) in [6.07, 6.45) is 0.0902. The summed E-state index contributed by atoms with van der Waals surface area (Å²) in [5.74, 6) is 0. The zero-order chi connectivity index (χ0) is 14.5. The summed E-state index contributed by atoms with van der Waals surface area (Å²) in [6.45, 7) is 4.72. The van der Waals surface area contributed by atoms with Crippen molar-refractivity contribution in [1.82, 2.24) is 4.31 Å². The molecule has 0 spiro atoms. The fraction of sp³-hybridized carbons (Fsp3) is 0.538. The first-order chi connectivity index (χ1) is 8.89. The molecule has 0 aromatic heterocycles. The molecule has 0 bridgehead atoms. The van der Waals surface area contributed by atoms with Crippen LogP contribution in [-0.4, -0.2) is 39.0 Å². The van der Waals surface area contributed by atoms with Crippen LogP contribution in [0, 0.1) is 0 Å². The Hall–Kier alpha value is -0.950. The minimum Gasteiger partial charge on any atom is -0.377 e. The molecule has 0 aliphatic carbocycles. The van der Waals surface area contributed by atoms with E-state index in [9.17, 15) is 8.42 Å². The largest absolute Gasteiger partial charge is 0.377 e. The molecule has 0 heterocycles. The SMILES string of the molecule is CC(C)OCCN(C)S(=O)(=O)c1ccccc1CN.